The fourth-order valence-corrected chi connectivity index (χ4v) is 0.837. The van der Waals surface area contributed by atoms with Gasteiger partial charge in [-0.15, -0.1) is 0 Å². The molecule has 0 heterocycles. The van der Waals surface area contributed by atoms with Crippen molar-refractivity contribution in [3.8, 4) is 5.75 Å². The molecule has 0 saturated carbocycles. The molecule has 1 N–H and O–H groups in total. The summed E-state index contributed by atoms with van der Waals surface area (Å²) in [4.78, 5) is 0. The number of benzene rings is 1. The van der Waals surface area contributed by atoms with Gasteiger partial charge in [0.1, 0.15) is 11.6 Å². The van der Waals surface area contributed by atoms with Crippen molar-refractivity contribution < 1.29 is 9.50 Å². The van der Waals surface area contributed by atoms with Crippen molar-refractivity contribution in [1.82, 2.24) is 0 Å². The van der Waals surface area contributed by atoms with E-state index < -0.39 is 5.82 Å². The fourth-order valence-electron chi connectivity index (χ4n) is 0.837. The van der Waals surface area contributed by atoms with Crippen LogP contribution in [0.4, 0.5) is 4.39 Å². The molecule has 0 unspecified atom stereocenters. The van der Waals surface area contributed by atoms with Crippen LogP contribution >= 0.6 is 0 Å². The first kappa shape index (κ1) is 7.79. The van der Waals surface area contributed by atoms with Gasteiger partial charge in [-0.1, -0.05) is 12.2 Å². The lowest BCUT2D eigenvalue weighted by atomic mass is 10.2. The number of allylic oxidation sites excluding steroid dienone is 1. The lowest BCUT2D eigenvalue weighted by Crippen LogP contribution is -1.76. The average Bonchev–Trinajstić information content (AvgIpc) is 1.95. The molecule has 0 aliphatic heterocycles. The second-order valence-electron chi connectivity index (χ2n) is 2.20. The molecule has 0 radical (unpaired) electrons. The Morgan fingerprint density at radius 3 is 2.73 bits per heavy atom. The quantitative estimate of drug-likeness (QED) is 0.655. The zero-order valence-electron chi connectivity index (χ0n) is 6.21. The molecule has 1 aromatic rings. The molecular weight excluding hydrogens is 143 g/mol. The minimum Gasteiger partial charge on any atom is -0.507 e. The van der Waals surface area contributed by atoms with Gasteiger partial charge in [-0.05, 0) is 19.1 Å². The molecule has 0 aliphatic rings. The predicted octanol–water partition coefficient (Wildman–Crippen LogP) is 2.56. The third-order valence-electron chi connectivity index (χ3n) is 1.34. The Labute approximate surface area is 64.8 Å². The van der Waals surface area contributed by atoms with Gasteiger partial charge in [0.25, 0.3) is 0 Å². The van der Waals surface area contributed by atoms with Crippen LogP contribution in [-0.2, 0) is 0 Å². The Morgan fingerprint density at radius 2 is 2.18 bits per heavy atom. The maximum absolute atomic E-state index is 12.4. The third-order valence-corrected chi connectivity index (χ3v) is 1.34. The van der Waals surface area contributed by atoms with Crippen LogP contribution in [0.5, 0.6) is 5.75 Å². The van der Waals surface area contributed by atoms with Crippen molar-refractivity contribution in [2.24, 2.45) is 0 Å². The molecule has 58 valence electrons. The van der Waals surface area contributed by atoms with E-state index in [9.17, 15) is 4.39 Å². The molecule has 1 rings (SSSR count). The summed E-state index contributed by atoms with van der Waals surface area (Å²) in [6.07, 6.45) is 3.50. The lowest BCUT2D eigenvalue weighted by molar-refractivity contribution is 0.468. The summed E-state index contributed by atoms with van der Waals surface area (Å²) in [6.45, 7) is 1.84. The van der Waals surface area contributed by atoms with E-state index >= 15 is 0 Å². The van der Waals surface area contributed by atoms with Crippen molar-refractivity contribution in [2.75, 3.05) is 0 Å². The van der Waals surface area contributed by atoms with Gasteiger partial charge in [-0.2, -0.15) is 0 Å². The maximum Gasteiger partial charge on any atom is 0.126 e. The molecular formula is C9H9FO. The highest BCUT2D eigenvalue weighted by Gasteiger charge is 1.97. The molecule has 1 aromatic carbocycles. The number of aromatic hydroxyl groups is 1. The second-order valence-corrected chi connectivity index (χ2v) is 2.20. The highest BCUT2D eigenvalue weighted by molar-refractivity contribution is 5.56. The Kier molecular flexibility index (Phi) is 2.26. The second kappa shape index (κ2) is 3.19. The normalized spacial score (nSPS) is 10.7. The van der Waals surface area contributed by atoms with Crippen LogP contribution in [0, 0.1) is 5.82 Å². The van der Waals surface area contributed by atoms with Crippen LogP contribution in [-0.4, -0.2) is 5.11 Å². The van der Waals surface area contributed by atoms with Crippen LogP contribution in [0.15, 0.2) is 24.3 Å². The highest BCUT2D eigenvalue weighted by atomic mass is 19.1. The SMILES string of the molecule is C/C=C/c1ccc(F)cc1O. The van der Waals surface area contributed by atoms with Crippen LogP contribution in [0.2, 0.25) is 0 Å². The first-order valence-corrected chi connectivity index (χ1v) is 3.35. The summed E-state index contributed by atoms with van der Waals surface area (Å²) in [5, 5.41) is 9.13. The molecule has 0 fully saturated rings. The number of hydrogen-bond acceptors (Lipinski definition) is 1. The third kappa shape index (κ3) is 1.80. The molecule has 2 heteroatoms. The smallest absolute Gasteiger partial charge is 0.126 e. The van der Waals surface area contributed by atoms with E-state index in [0.717, 1.165) is 6.07 Å². The monoisotopic (exact) mass is 152 g/mol. The fraction of sp³-hybridized carbons (Fsp3) is 0.111. The number of phenolic OH excluding ortho intramolecular Hbond substituents is 1. The van der Waals surface area contributed by atoms with Crippen LogP contribution in [0.3, 0.4) is 0 Å². The molecule has 0 bridgehead atoms. The first-order chi connectivity index (χ1) is 5.24. The summed E-state index contributed by atoms with van der Waals surface area (Å²) >= 11 is 0. The number of halogens is 1. The van der Waals surface area contributed by atoms with E-state index in [1.165, 1.54) is 12.1 Å². The van der Waals surface area contributed by atoms with E-state index in [2.05, 4.69) is 0 Å². The van der Waals surface area contributed by atoms with Gasteiger partial charge in [-0.3, -0.25) is 0 Å². The van der Waals surface area contributed by atoms with E-state index in [4.69, 9.17) is 5.11 Å². The summed E-state index contributed by atoms with van der Waals surface area (Å²) < 4.78 is 12.4. The van der Waals surface area contributed by atoms with Gasteiger partial charge in [0.2, 0.25) is 0 Å². The minimum absolute atomic E-state index is 0.0249. The Balaban J connectivity index is 3.09. The van der Waals surface area contributed by atoms with E-state index in [1.807, 2.05) is 6.92 Å². The summed E-state index contributed by atoms with van der Waals surface area (Å²) in [6, 6.07) is 3.94. The van der Waals surface area contributed by atoms with Gasteiger partial charge in [0, 0.05) is 11.6 Å². The summed E-state index contributed by atoms with van der Waals surface area (Å²) in [7, 11) is 0. The van der Waals surface area contributed by atoms with Gasteiger partial charge in [-0.25, -0.2) is 4.39 Å². The summed E-state index contributed by atoms with van der Waals surface area (Å²) in [5.74, 6) is -0.446. The first-order valence-electron chi connectivity index (χ1n) is 3.35. The zero-order valence-corrected chi connectivity index (χ0v) is 6.21. The Hall–Kier alpha value is -1.31. The number of phenols is 1. The standard InChI is InChI=1S/C9H9FO/c1-2-3-7-4-5-8(10)6-9(7)11/h2-6,11H,1H3/b3-2+. The molecule has 0 aromatic heterocycles. The largest absolute Gasteiger partial charge is 0.507 e. The molecule has 0 atom stereocenters. The lowest BCUT2D eigenvalue weighted by Gasteiger charge is -1.96. The van der Waals surface area contributed by atoms with Crippen LogP contribution in [0.1, 0.15) is 12.5 Å². The van der Waals surface area contributed by atoms with Crippen molar-refractivity contribution in [3.63, 3.8) is 0 Å². The topological polar surface area (TPSA) is 20.2 Å². The predicted molar refractivity (Wildman–Crippen MR) is 42.8 cm³/mol. The molecule has 1 nitrogen and oxygen atoms in total. The molecule has 0 saturated heterocycles. The van der Waals surface area contributed by atoms with E-state index in [1.54, 1.807) is 12.2 Å². The molecule has 11 heavy (non-hydrogen) atoms. The van der Waals surface area contributed by atoms with E-state index in [-0.39, 0.29) is 5.75 Å². The van der Waals surface area contributed by atoms with E-state index in [0.29, 0.717) is 5.56 Å². The van der Waals surface area contributed by atoms with Gasteiger partial charge in [0.15, 0.2) is 0 Å². The Bertz CT molecular complexity index is 279. The molecule has 0 aliphatic carbocycles. The van der Waals surface area contributed by atoms with Gasteiger partial charge >= 0.3 is 0 Å². The number of hydrogen-bond donors (Lipinski definition) is 1. The van der Waals surface area contributed by atoms with Crippen molar-refractivity contribution in [1.29, 1.82) is 0 Å². The van der Waals surface area contributed by atoms with Crippen LogP contribution < -0.4 is 0 Å². The molecule has 0 spiro atoms. The van der Waals surface area contributed by atoms with Crippen molar-refractivity contribution in [3.05, 3.63) is 35.7 Å². The van der Waals surface area contributed by atoms with Crippen molar-refractivity contribution >= 4 is 6.08 Å². The van der Waals surface area contributed by atoms with Gasteiger partial charge < -0.3 is 5.11 Å². The minimum atomic E-state index is -0.421. The number of rotatable bonds is 1. The highest BCUT2D eigenvalue weighted by Crippen LogP contribution is 2.18. The summed E-state index contributed by atoms with van der Waals surface area (Å²) in [5.41, 5.74) is 0.633. The van der Waals surface area contributed by atoms with Crippen LogP contribution in [0.25, 0.3) is 6.08 Å². The van der Waals surface area contributed by atoms with Gasteiger partial charge in [0.05, 0.1) is 0 Å². The molecule has 0 amide bonds. The zero-order chi connectivity index (χ0) is 8.27. The maximum atomic E-state index is 12.4. The average molecular weight is 152 g/mol. The Morgan fingerprint density at radius 1 is 1.45 bits per heavy atom. The van der Waals surface area contributed by atoms with Crippen molar-refractivity contribution in [2.45, 2.75) is 6.92 Å².